The monoisotopic (exact) mass is 182 g/mol. The van der Waals surface area contributed by atoms with Crippen LogP contribution in [0.15, 0.2) is 18.2 Å². The molecule has 0 spiro atoms. The molecule has 0 atom stereocenters. The highest BCUT2D eigenvalue weighted by Crippen LogP contribution is 2.21. The highest BCUT2D eigenvalue weighted by molar-refractivity contribution is 6.29. The molecule has 1 aromatic heterocycles. The van der Waals surface area contributed by atoms with Crippen LogP contribution >= 0.6 is 11.6 Å². The lowest BCUT2D eigenvalue weighted by molar-refractivity contribution is 0.476. The highest BCUT2D eigenvalue weighted by atomic mass is 35.5. The molecular formula is C8H7ClN2O. The number of benzene rings is 1. The van der Waals surface area contributed by atoms with Gasteiger partial charge < -0.3 is 9.67 Å². The zero-order valence-corrected chi connectivity index (χ0v) is 7.21. The van der Waals surface area contributed by atoms with Crippen LogP contribution in [0.5, 0.6) is 5.75 Å². The number of phenolic OH excluding ortho intramolecular Hbond substituents is 1. The van der Waals surface area contributed by atoms with Crippen LogP contribution in [0, 0.1) is 0 Å². The molecule has 0 unspecified atom stereocenters. The Bertz CT molecular complexity index is 436. The average molecular weight is 183 g/mol. The van der Waals surface area contributed by atoms with Gasteiger partial charge in [0.2, 0.25) is 5.28 Å². The van der Waals surface area contributed by atoms with Crippen LogP contribution in [-0.2, 0) is 7.05 Å². The molecule has 0 fully saturated rings. The summed E-state index contributed by atoms with van der Waals surface area (Å²) in [6.45, 7) is 0. The molecular weight excluding hydrogens is 176 g/mol. The minimum Gasteiger partial charge on any atom is -0.508 e. The van der Waals surface area contributed by atoms with Crippen molar-refractivity contribution in [1.82, 2.24) is 9.55 Å². The molecule has 0 aliphatic carbocycles. The van der Waals surface area contributed by atoms with E-state index in [0.717, 1.165) is 11.0 Å². The quantitative estimate of drug-likeness (QED) is 0.676. The van der Waals surface area contributed by atoms with Crippen LogP contribution in [-0.4, -0.2) is 14.7 Å². The molecule has 0 saturated heterocycles. The van der Waals surface area contributed by atoms with Gasteiger partial charge in [0.05, 0.1) is 11.0 Å². The Morgan fingerprint density at radius 3 is 3.00 bits per heavy atom. The third-order valence-corrected chi connectivity index (χ3v) is 2.15. The van der Waals surface area contributed by atoms with Crippen LogP contribution < -0.4 is 0 Å². The summed E-state index contributed by atoms with van der Waals surface area (Å²) in [7, 11) is 1.80. The molecule has 0 aliphatic heterocycles. The fourth-order valence-electron chi connectivity index (χ4n) is 1.15. The normalized spacial score (nSPS) is 10.8. The van der Waals surface area contributed by atoms with Gasteiger partial charge in [-0.3, -0.25) is 0 Å². The van der Waals surface area contributed by atoms with E-state index in [0.29, 0.717) is 5.28 Å². The Hall–Kier alpha value is -1.22. The van der Waals surface area contributed by atoms with Gasteiger partial charge in [-0.15, -0.1) is 0 Å². The number of fused-ring (bicyclic) bond motifs is 1. The van der Waals surface area contributed by atoms with Gasteiger partial charge in [-0.05, 0) is 23.7 Å². The van der Waals surface area contributed by atoms with Crippen LogP contribution in [0.1, 0.15) is 0 Å². The fourth-order valence-corrected chi connectivity index (χ4v) is 1.33. The second-order valence-corrected chi connectivity index (χ2v) is 2.95. The molecule has 0 saturated carbocycles. The smallest absolute Gasteiger partial charge is 0.203 e. The van der Waals surface area contributed by atoms with Crippen molar-refractivity contribution in [2.45, 2.75) is 0 Å². The molecule has 0 radical (unpaired) electrons. The Morgan fingerprint density at radius 2 is 2.25 bits per heavy atom. The maximum absolute atomic E-state index is 9.18. The Kier molecular flexibility index (Phi) is 1.48. The van der Waals surface area contributed by atoms with Crippen LogP contribution in [0.4, 0.5) is 0 Å². The van der Waals surface area contributed by atoms with Gasteiger partial charge in [-0.25, -0.2) is 4.98 Å². The molecule has 3 nitrogen and oxygen atoms in total. The predicted molar refractivity (Wildman–Crippen MR) is 47.4 cm³/mol. The third-order valence-electron chi connectivity index (χ3n) is 1.81. The average Bonchev–Trinajstić information content (AvgIpc) is 2.31. The first-order valence-electron chi connectivity index (χ1n) is 3.49. The summed E-state index contributed by atoms with van der Waals surface area (Å²) in [5.74, 6) is 0.224. The van der Waals surface area contributed by atoms with Gasteiger partial charge in [0.1, 0.15) is 5.75 Å². The second-order valence-electron chi connectivity index (χ2n) is 2.61. The molecule has 0 aliphatic rings. The van der Waals surface area contributed by atoms with Crippen molar-refractivity contribution in [3.8, 4) is 5.75 Å². The highest BCUT2D eigenvalue weighted by Gasteiger charge is 2.04. The molecule has 1 heterocycles. The van der Waals surface area contributed by atoms with Gasteiger partial charge in [-0.1, -0.05) is 0 Å². The molecule has 1 N–H and O–H groups in total. The first-order chi connectivity index (χ1) is 5.68. The summed E-state index contributed by atoms with van der Waals surface area (Å²) in [5.41, 5.74) is 1.63. The van der Waals surface area contributed by atoms with Gasteiger partial charge in [0.15, 0.2) is 0 Å². The largest absolute Gasteiger partial charge is 0.508 e. The Morgan fingerprint density at radius 1 is 1.50 bits per heavy atom. The minimum absolute atomic E-state index is 0.224. The summed E-state index contributed by atoms with van der Waals surface area (Å²) in [6, 6.07) is 4.95. The molecule has 0 bridgehead atoms. The Labute approximate surface area is 74.2 Å². The van der Waals surface area contributed by atoms with E-state index < -0.39 is 0 Å². The predicted octanol–water partition coefficient (Wildman–Crippen LogP) is 1.93. The number of aromatic nitrogens is 2. The van der Waals surface area contributed by atoms with E-state index in [-0.39, 0.29) is 5.75 Å². The SMILES string of the molecule is Cn1c(Cl)nc2ccc(O)cc21. The number of aromatic hydroxyl groups is 1. The van der Waals surface area contributed by atoms with Crippen molar-refractivity contribution in [2.75, 3.05) is 0 Å². The van der Waals surface area contributed by atoms with E-state index in [1.807, 2.05) is 0 Å². The number of imidazole rings is 1. The number of rotatable bonds is 0. The van der Waals surface area contributed by atoms with Gasteiger partial charge in [0, 0.05) is 13.1 Å². The molecule has 12 heavy (non-hydrogen) atoms. The molecule has 2 rings (SSSR count). The van der Waals surface area contributed by atoms with Crippen LogP contribution in [0.2, 0.25) is 5.28 Å². The molecule has 4 heteroatoms. The lowest BCUT2D eigenvalue weighted by atomic mass is 10.3. The molecule has 1 aromatic carbocycles. The van der Waals surface area contributed by atoms with Crippen molar-refractivity contribution in [3.05, 3.63) is 23.5 Å². The zero-order chi connectivity index (χ0) is 8.72. The summed E-state index contributed by atoms with van der Waals surface area (Å²) in [6.07, 6.45) is 0. The van der Waals surface area contributed by atoms with Crippen LogP contribution in [0.25, 0.3) is 11.0 Å². The standard InChI is InChI=1S/C8H7ClN2O/c1-11-7-4-5(12)2-3-6(7)10-8(11)9/h2-4,12H,1H3. The maximum atomic E-state index is 9.18. The number of aryl methyl sites for hydroxylation is 1. The first kappa shape index (κ1) is 7.43. The van der Waals surface area contributed by atoms with Crippen LogP contribution in [0.3, 0.4) is 0 Å². The molecule has 62 valence electrons. The van der Waals surface area contributed by atoms with Gasteiger partial charge in [-0.2, -0.15) is 0 Å². The summed E-state index contributed by atoms with van der Waals surface area (Å²) >= 11 is 5.77. The van der Waals surface area contributed by atoms with Crippen molar-refractivity contribution >= 4 is 22.6 Å². The lowest BCUT2D eigenvalue weighted by Gasteiger charge is -1.94. The minimum atomic E-state index is 0.224. The summed E-state index contributed by atoms with van der Waals surface area (Å²) in [4.78, 5) is 4.07. The van der Waals surface area contributed by atoms with E-state index in [2.05, 4.69) is 4.98 Å². The lowest BCUT2D eigenvalue weighted by Crippen LogP contribution is -1.85. The number of nitrogens with zero attached hydrogens (tertiary/aromatic N) is 2. The first-order valence-corrected chi connectivity index (χ1v) is 3.87. The number of hydrogen-bond donors (Lipinski definition) is 1. The summed E-state index contributed by atoms with van der Waals surface area (Å²) in [5, 5.41) is 9.61. The fraction of sp³-hybridized carbons (Fsp3) is 0.125. The van der Waals surface area contributed by atoms with E-state index in [4.69, 9.17) is 11.6 Å². The third kappa shape index (κ3) is 0.940. The van der Waals surface area contributed by atoms with Crippen molar-refractivity contribution in [3.63, 3.8) is 0 Å². The van der Waals surface area contributed by atoms with E-state index in [9.17, 15) is 5.11 Å². The second kappa shape index (κ2) is 2.38. The maximum Gasteiger partial charge on any atom is 0.203 e. The topological polar surface area (TPSA) is 38.0 Å². The van der Waals surface area contributed by atoms with Gasteiger partial charge in [0.25, 0.3) is 0 Å². The van der Waals surface area contributed by atoms with E-state index in [1.54, 1.807) is 29.8 Å². The molecule has 2 aromatic rings. The Balaban J connectivity index is 2.88. The number of hydrogen-bond acceptors (Lipinski definition) is 2. The van der Waals surface area contributed by atoms with Crippen molar-refractivity contribution < 1.29 is 5.11 Å². The number of halogens is 1. The number of phenols is 1. The van der Waals surface area contributed by atoms with Crippen molar-refractivity contribution in [2.24, 2.45) is 7.05 Å². The summed E-state index contributed by atoms with van der Waals surface area (Å²) < 4.78 is 1.72. The zero-order valence-electron chi connectivity index (χ0n) is 6.45. The van der Waals surface area contributed by atoms with Crippen molar-refractivity contribution in [1.29, 1.82) is 0 Å². The van der Waals surface area contributed by atoms with Gasteiger partial charge >= 0.3 is 0 Å². The van der Waals surface area contributed by atoms with E-state index >= 15 is 0 Å². The van der Waals surface area contributed by atoms with E-state index in [1.165, 1.54) is 0 Å². The molecule has 0 amide bonds.